The molecule has 678 valence electrons. The first kappa shape index (κ1) is 89.4. The highest BCUT2D eigenvalue weighted by atomic mass is 14.9. The van der Waals surface area contributed by atoms with Gasteiger partial charge in [0.15, 0.2) is 17.5 Å². The fourth-order valence-corrected chi connectivity index (χ4v) is 17.6. The minimum atomic E-state index is 0.601. The van der Waals surface area contributed by atoms with Crippen LogP contribution in [0.3, 0.4) is 0 Å². The highest BCUT2D eigenvalue weighted by Gasteiger charge is 2.22. The van der Waals surface area contributed by atoms with E-state index in [9.17, 15) is 0 Å². The second kappa shape index (κ2) is 42.4. The zero-order chi connectivity index (χ0) is 96.4. The molecule has 0 amide bonds. The molecular weight excluding hydrogens is 1760 g/mol. The van der Waals surface area contributed by atoms with Crippen molar-refractivity contribution in [2.45, 2.75) is 0 Å². The number of aromatic nitrogens is 16. The molecule has 0 bridgehead atoms. The third kappa shape index (κ3) is 21.0. The van der Waals surface area contributed by atoms with Gasteiger partial charge >= 0.3 is 0 Å². The van der Waals surface area contributed by atoms with Gasteiger partial charge in [0.05, 0.1) is 68.3 Å². The summed E-state index contributed by atoms with van der Waals surface area (Å²) < 4.78 is 0. The molecule has 0 aliphatic rings. The minimum Gasteiger partial charge on any atom is -0.265 e. The molecule has 0 unspecified atom stereocenters. The van der Waals surface area contributed by atoms with Crippen molar-refractivity contribution in [3.8, 4) is 236 Å². The van der Waals surface area contributed by atoms with Crippen LogP contribution >= 0.6 is 0 Å². The lowest BCUT2D eigenvalue weighted by Gasteiger charge is -2.14. The Bertz CT molecular complexity index is 7300. The summed E-state index contributed by atoms with van der Waals surface area (Å²) >= 11 is 0. The van der Waals surface area contributed by atoms with Crippen molar-refractivity contribution in [3.63, 3.8) is 0 Å². The summed E-state index contributed by atoms with van der Waals surface area (Å²) in [5.74, 6) is 1.87. The fourth-order valence-electron chi connectivity index (χ4n) is 17.6. The molecule has 13 heterocycles. The van der Waals surface area contributed by atoms with Crippen LogP contribution in [-0.4, -0.2) is 79.7 Å². The van der Waals surface area contributed by atoms with Gasteiger partial charge in [0.2, 0.25) is 0 Å². The van der Waals surface area contributed by atoms with Crippen molar-refractivity contribution in [3.05, 3.63) is 524 Å². The summed E-state index contributed by atoms with van der Waals surface area (Å²) in [6.07, 6.45) is 25.4. The predicted molar refractivity (Wildman–Crippen MR) is 578 cm³/mol. The number of hydrogen-bond donors (Lipinski definition) is 0. The molecule has 0 spiro atoms. The number of rotatable bonds is 21. The van der Waals surface area contributed by atoms with E-state index in [4.69, 9.17) is 29.9 Å². The van der Waals surface area contributed by atoms with E-state index < -0.39 is 0 Å². The fraction of sp³-hybridized carbons (Fsp3) is 0. The number of pyridine rings is 10. The Morgan fingerprint density at radius 1 is 0.0903 bits per heavy atom. The van der Waals surface area contributed by atoms with Gasteiger partial charge in [0, 0.05) is 170 Å². The van der Waals surface area contributed by atoms with Crippen LogP contribution in [0.25, 0.3) is 236 Å². The first-order valence-corrected chi connectivity index (χ1v) is 47.3. The second-order valence-corrected chi connectivity index (χ2v) is 34.2. The summed E-state index contributed by atoms with van der Waals surface area (Å²) in [6.45, 7) is 0. The molecule has 16 nitrogen and oxygen atoms in total. The van der Waals surface area contributed by atoms with E-state index in [1.807, 2.05) is 256 Å². The Hall–Kier alpha value is -19.8. The van der Waals surface area contributed by atoms with E-state index in [0.29, 0.717) is 17.5 Å². The molecule has 0 fully saturated rings. The summed E-state index contributed by atoms with van der Waals surface area (Å²) in [5.41, 5.74) is 38.0. The Morgan fingerprint density at radius 2 is 0.250 bits per heavy atom. The number of hydrogen-bond acceptors (Lipinski definition) is 16. The molecule has 0 saturated carbocycles. The van der Waals surface area contributed by atoms with Crippen LogP contribution in [-0.2, 0) is 0 Å². The lowest BCUT2D eigenvalue weighted by Crippen LogP contribution is -1.98. The maximum absolute atomic E-state index is 5.23. The Morgan fingerprint density at radius 3 is 0.479 bits per heavy atom. The van der Waals surface area contributed by atoms with Crippen LogP contribution in [0.4, 0.5) is 0 Å². The highest BCUT2D eigenvalue weighted by Crippen LogP contribution is 2.42. The molecule has 24 aromatic rings. The highest BCUT2D eigenvalue weighted by molar-refractivity contribution is 5.88. The zero-order valence-corrected chi connectivity index (χ0v) is 77.8. The van der Waals surface area contributed by atoms with Gasteiger partial charge in [-0.15, -0.1) is 0 Å². The first-order valence-electron chi connectivity index (χ1n) is 47.3. The zero-order valence-electron chi connectivity index (χ0n) is 77.8. The Labute approximate surface area is 833 Å². The molecule has 0 atom stereocenters. The summed E-state index contributed by atoms with van der Waals surface area (Å²) in [7, 11) is 0. The molecule has 0 saturated heterocycles. The lowest BCUT2D eigenvalue weighted by atomic mass is 9.96. The molecular formula is C128H86N16. The van der Waals surface area contributed by atoms with Gasteiger partial charge in [-0.05, 0) is 297 Å². The number of benzene rings is 11. The predicted octanol–water partition coefficient (Wildman–Crippen LogP) is 30.4. The molecule has 0 N–H and O–H groups in total. The normalized spacial score (nSPS) is 10.9. The average molecular weight is 1850 g/mol. The molecule has 24 rings (SSSR count). The maximum Gasteiger partial charge on any atom is 0.160 e. The van der Waals surface area contributed by atoms with Crippen LogP contribution in [0.2, 0.25) is 0 Å². The van der Waals surface area contributed by atoms with Crippen LogP contribution in [0.1, 0.15) is 0 Å². The third-order valence-electron chi connectivity index (χ3n) is 24.7. The van der Waals surface area contributed by atoms with Gasteiger partial charge in [-0.25, -0.2) is 29.9 Å². The topological polar surface area (TPSA) is 206 Å². The van der Waals surface area contributed by atoms with E-state index in [2.05, 4.69) is 305 Å². The van der Waals surface area contributed by atoms with Crippen molar-refractivity contribution in [2.75, 3.05) is 0 Å². The van der Waals surface area contributed by atoms with Crippen molar-refractivity contribution in [1.82, 2.24) is 79.7 Å². The van der Waals surface area contributed by atoms with Gasteiger partial charge in [0.1, 0.15) is 0 Å². The molecule has 144 heavy (non-hydrogen) atoms. The van der Waals surface area contributed by atoms with Crippen molar-refractivity contribution < 1.29 is 0 Å². The van der Waals surface area contributed by atoms with Gasteiger partial charge in [-0.3, -0.25) is 49.8 Å². The molecule has 13 aromatic heterocycles. The average Bonchev–Trinajstić information content (AvgIpc) is 0.783. The van der Waals surface area contributed by atoms with Crippen molar-refractivity contribution in [2.24, 2.45) is 0 Å². The first-order chi connectivity index (χ1) is 71.3. The minimum absolute atomic E-state index is 0.601. The quantitative estimate of drug-likeness (QED) is 0.0655. The molecule has 0 aliphatic carbocycles. The lowest BCUT2D eigenvalue weighted by molar-refractivity contribution is 1.18. The van der Waals surface area contributed by atoms with E-state index in [1.165, 1.54) is 0 Å². The van der Waals surface area contributed by atoms with Gasteiger partial charge in [0.25, 0.3) is 0 Å². The second-order valence-electron chi connectivity index (χ2n) is 34.2. The third-order valence-corrected chi connectivity index (χ3v) is 24.7. The van der Waals surface area contributed by atoms with Crippen molar-refractivity contribution in [1.29, 1.82) is 0 Å². The monoisotopic (exact) mass is 1850 g/mol. The molecule has 11 aromatic carbocycles. The van der Waals surface area contributed by atoms with Gasteiger partial charge in [-0.2, -0.15) is 0 Å². The summed E-state index contributed by atoms with van der Waals surface area (Å²) in [4.78, 5) is 76.0. The van der Waals surface area contributed by atoms with E-state index in [-0.39, 0.29) is 0 Å². The summed E-state index contributed by atoms with van der Waals surface area (Å²) in [5, 5.41) is 0. The Kier molecular flexibility index (Phi) is 26.3. The van der Waals surface area contributed by atoms with Crippen LogP contribution in [0, 0.1) is 0 Å². The van der Waals surface area contributed by atoms with Crippen molar-refractivity contribution >= 4 is 0 Å². The van der Waals surface area contributed by atoms with E-state index in [0.717, 1.165) is 219 Å². The molecule has 0 radical (unpaired) electrons. The van der Waals surface area contributed by atoms with Gasteiger partial charge in [-0.1, -0.05) is 206 Å². The number of nitrogens with zero attached hydrogens (tertiary/aromatic N) is 16. The maximum atomic E-state index is 5.23. The molecule has 16 heteroatoms. The van der Waals surface area contributed by atoms with Gasteiger partial charge < -0.3 is 0 Å². The largest absolute Gasteiger partial charge is 0.265 e. The van der Waals surface area contributed by atoms with Crippen LogP contribution in [0.5, 0.6) is 0 Å². The smallest absolute Gasteiger partial charge is 0.160 e. The summed E-state index contributed by atoms with van der Waals surface area (Å²) in [6, 6.07) is 149. The van der Waals surface area contributed by atoms with Crippen LogP contribution < -0.4 is 0 Å². The van der Waals surface area contributed by atoms with Crippen LogP contribution in [0.15, 0.2) is 524 Å². The van der Waals surface area contributed by atoms with E-state index >= 15 is 0 Å². The SMILES string of the molecule is c1cc(-c2ccncc2)cc(-c2cc(-c3cccc(-c4ccncc4)c3)nc(-c3cc(-c4ccncc4)cc(-c4ccncc4)c3)n2)c1.c1ccc(-c2cccc(-c3cc(-c4cccc(-c5ccccc5)c4)nc(-c4cc(-c5ccccn5)cc(-c5ccccn5)c4)n3)c2)cc1.c1ccc(-c2cccc(-c3cc(-c4cccc(-c5ccccn5)c4)nc(-c4cc(-c5ccccn5)cc(-c5ccccn5)c4)n3)c2)nc1. The standard InChI is InChI=1S/C44H30N4.2C42H28N6/c1-3-13-31(14-4-1)33-17-11-19-35(25-33)42-30-43(36-20-12-18-34(26-36)32-15-5-2-6-16-32)48-44(47-42)39-28-37(40-21-7-9-23-45-40)27-38(29-39)41-22-8-10-24-46-41;1-5-19-43-36(15-1)29-11-9-13-31(23-29)40-28-41(32-14-10-12-30(24-32)37-16-2-6-20-44-37)48-42(47-40)35-26-33(38-17-3-7-21-45-38)25-34(27-35)39-18-4-8-22-46-39;1-3-33(29-7-15-43-16-8-29)23-35(5-1)40-28-41(36-6-2-4-34(24-36)30-9-17-44-18-10-30)48-42(47-40)39-26-37(31-11-19-45-20-12-31)25-38(27-39)32-13-21-46-22-14-32/h1-30H;2*1-28H. The Balaban J connectivity index is 0.000000123. The molecule has 0 aliphatic heterocycles. The van der Waals surface area contributed by atoms with E-state index in [1.54, 1.807) is 12.4 Å².